The standard InChI is InChI=1S/C17H28N2O2/c1-14-8-9-15(2)16(13-14)21-12-6-3-7-17(20)19-11-5-4-10-18/h8-9,13H,3-7,10-12,18H2,1-2H3,(H,19,20). The number of aryl methyl sites for hydroxylation is 2. The topological polar surface area (TPSA) is 64.3 Å². The van der Waals surface area contributed by atoms with Crippen molar-refractivity contribution in [1.82, 2.24) is 5.32 Å². The van der Waals surface area contributed by atoms with Crippen LogP contribution in [-0.4, -0.2) is 25.6 Å². The Balaban J connectivity index is 2.09. The van der Waals surface area contributed by atoms with Crippen LogP contribution in [-0.2, 0) is 4.79 Å². The minimum Gasteiger partial charge on any atom is -0.493 e. The van der Waals surface area contributed by atoms with Crippen molar-refractivity contribution < 1.29 is 9.53 Å². The van der Waals surface area contributed by atoms with Crippen molar-refractivity contribution >= 4 is 5.91 Å². The number of hydrogen-bond donors (Lipinski definition) is 2. The highest BCUT2D eigenvalue weighted by atomic mass is 16.5. The molecule has 0 fully saturated rings. The molecule has 0 radical (unpaired) electrons. The molecule has 3 N–H and O–H groups in total. The molecule has 1 aromatic rings. The molecule has 0 bridgehead atoms. The third kappa shape index (κ3) is 7.71. The summed E-state index contributed by atoms with van der Waals surface area (Å²) in [6.07, 6.45) is 4.23. The monoisotopic (exact) mass is 292 g/mol. The maximum atomic E-state index is 11.6. The molecule has 0 saturated carbocycles. The van der Waals surface area contributed by atoms with Gasteiger partial charge >= 0.3 is 0 Å². The Hall–Kier alpha value is -1.55. The van der Waals surface area contributed by atoms with Crippen molar-refractivity contribution in [2.45, 2.75) is 46.0 Å². The van der Waals surface area contributed by atoms with E-state index in [0.717, 1.165) is 43.5 Å². The SMILES string of the molecule is Cc1ccc(C)c(OCCCCC(=O)NCCCCN)c1. The lowest BCUT2D eigenvalue weighted by Gasteiger charge is -2.10. The van der Waals surface area contributed by atoms with E-state index in [-0.39, 0.29) is 5.91 Å². The zero-order valence-electron chi connectivity index (χ0n) is 13.3. The Labute approximate surface area is 128 Å². The average molecular weight is 292 g/mol. The molecular weight excluding hydrogens is 264 g/mol. The van der Waals surface area contributed by atoms with Crippen molar-refractivity contribution in [3.63, 3.8) is 0 Å². The van der Waals surface area contributed by atoms with Crippen LogP contribution in [0.2, 0.25) is 0 Å². The van der Waals surface area contributed by atoms with Gasteiger partial charge in [0.15, 0.2) is 0 Å². The molecule has 0 atom stereocenters. The van der Waals surface area contributed by atoms with Crippen LogP contribution in [0.3, 0.4) is 0 Å². The van der Waals surface area contributed by atoms with Crippen LogP contribution in [0.15, 0.2) is 18.2 Å². The Kier molecular flexibility index (Phi) is 8.51. The van der Waals surface area contributed by atoms with Crippen LogP contribution in [0.5, 0.6) is 5.75 Å². The lowest BCUT2D eigenvalue weighted by molar-refractivity contribution is -0.121. The largest absolute Gasteiger partial charge is 0.493 e. The Morgan fingerprint density at radius 2 is 2.00 bits per heavy atom. The first-order valence-corrected chi connectivity index (χ1v) is 7.80. The number of amides is 1. The predicted octanol–water partition coefficient (Wildman–Crippen LogP) is 2.71. The third-order valence-electron chi connectivity index (χ3n) is 3.35. The number of unbranched alkanes of at least 4 members (excludes halogenated alkanes) is 2. The molecule has 0 heterocycles. The van der Waals surface area contributed by atoms with E-state index in [9.17, 15) is 4.79 Å². The third-order valence-corrected chi connectivity index (χ3v) is 3.35. The van der Waals surface area contributed by atoms with Gasteiger partial charge in [0.05, 0.1) is 6.61 Å². The van der Waals surface area contributed by atoms with Crippen molar-refractivity contribution in [3.05, 3.63) is 29.3 Å². The van der Waals surface area contributed by atoms with Gasteiger partial charge in [0.2, 0.25) is 5.91 Å². The fourth-order valence-corrected chi connectivity index (χ4v) is 2.02. The predicted molar refractivity (Wildman–Crippen MR) is 86.6 cm³/mol. The van der Waals surface area contributed by atoms with Crippen molar-refractivity contribution in [1.29, 1.82) is 0 Å². The number of ether oxygens (including phenoxy) is 1. The molecule has 0 aliphatic rings. The zero-order chi connectivity index (χ0) is 15.5. The second-order valence-corrected chi connectivity index (χ2v) is 5.42. The first kappa shape index (κ1) is 17.5. The quantitative estimate of drug-likeness (QED) is 0.652. The molecule has 118 valence electrons. The zero-order valence-corrected chi connectivity index (χ0v) is 13.3. The number of rotatable bonds is 10. The summed E-state index contributed by atoms with van der Waals surface area (Å²) in [7, 11) is 0. The van der Waals surface area contributed by atoms with Gasteiger partial charge in [0, 0.05) is 13.0 Å². The summed E-state index contributed by atoms with van der Waals surface area (Å²) in [6, 6.07) is 6.20. The van der Waals surface area contributed by atoms with Crippen LogP contribution in [0.4, 0.5) is 0 Å². The minimum absolute atomic E-state index is 0.124. The minimum atomic E-state index is 0.124. The van der Waals surface area contributed by atoms with Gasteiger partial charge in [0.25, 0.3) is 0 Å². The molecular formula is C17H28N2O2. The van der Waals surface area contributed by atoms with Crippen molar-refractivity contribution in [2.24, 2.45) is 5.73 Å². The number of carbonyl (C=O) groups excluding carboxylic acids is 1. The van der Waals surface area contributed by atoms with Crippen molar-refractivity contribution in [2.75, 3.05) is 19.7 Å². The Bertz CT molecular complexity index is 433. The van der Waals surface area contributed by atoms with E-state index in [4.69, 9.17) is 10.5 Å². The van der Waals surface area contributed by atoms with Gasteiger partial charge in [-0.3, -0.25) is 4.79 Å². The highest BCUT2D eigenvalue weighted by molar-refractivity contribution is 5.75. The molecule has 0 saturated heterocycles. The molecule has 0 spiro atoms. The fraction of sp³-hybridized carbons (Fsp3) is 0.588. The van der Waals surface area contributed by atoms with Gasteiger partial charge in [-0.25, -0.2) is 0 Å². The Morgan fingerprint density at radius 1 is 1.19 bits per heavy atom. The number of carbonyl (C=O) groups is 1. The van der Waals surface area contributed by atoms with E-state index >= 15 is 0 Å². The second kappa shape index (κ2) is 10.2. The van der Waals surface area contributed by atoms with Crippen LogP contribution in [0.1, 0.15) is 43.2 Å². The second-order valence-electron chi connectivity index (χ2n) is 5.42. The molecule has 1 aromatic carbocycles. The summed E-state index contributed by atoms with van der Waals surface area (Å²) in [5, 5.41) is 2.91. The van der Waals surface area contributed by atoms with Crippen LogP contribution in [0.25, 0.3) is 0 Å². The van der Waals surface area contributed by atoms with Gasteiger partial charge in [-0.2, -0.15) is 0 Å². The smallest absolute Gasteiger partial charge is 0.219 e. The number of nitrogens with one attached hydrogen (secondary N) is 1. The molecule has 4 nitrogen and oxygen atoms in total. The normalized spacial score (nSPS) is 10.4. The van der Waals surface area contributed by atoms with Crippen molar-refractivity contribution in [3.8, 4) is 5.75 Å². The van der Waals surface area contributed by atoms with Gasteiger partial charge in [0.1, 0.15) is 5.75 Å². The van der Waals surface area contributed by atoms with Crippen LogP contribution < -0.4 is 15.8 Å². The summed E-state index contributed by atoms with van der Waals surface area (Å²) >= 11 is 0. The first-order valence-electron chi connectivity index (χ1n) is 7.80. The number of nitrogens with two attached hydrogens (primary N) is 1. The average Bonchev–Trinajstić information content (AvgIpc) is 2.47. The number of benzene rings is 1. The molecule has 0 aromatic heterocycles. The molecule has 1 rings (SSSR count). The highest BCUT2D eigenvalue weighted by Gasteiger charge is 2.02. The molecule has 1 amide bonds. The lowest BCUT2D eigenvalue weighted by atomic mass is 10.1. The summed E-state index contributed by atoms with van der Waals surface area (Å²) in [5.74, 6) is 1.07. The van der Waals surface area contributed by atoms with E-state index in [1.54, 1.807) is 0 Å². The summed E-state index contributed by atoms with van der Waals surface area (Å²) in [4.78, 5) is 11.6. The van der Waals surface area contributed by atoms with E-state index < -0.39 is 0 Å². The number of hydrogen-bond acceptors (Lipinski definition) is 3. The maximum Gasteiger partial charge on any atom is 0.219 e. The maximum absolute atomic E-state index is 11.6. The van der Waals surface area contributed by atoms with Gasteiger partial charge in [-0.05, 0) is 63.3 Å². The van der Waals surface area contributed by atoms with Gasteiger partial charge in [-0.15, -0.1) is 0 Å². The highest BCUT2D eigenvalue weighted by Crippen LogP contribution is 2.19. The van der Waals surface area contributed by atoms with E-state index in [0.29, 0.717) is 19.6 Å². The Morgan fingerprint density at radius 3 is 2.76 bits per heavy atom. The summed E-state index contributed by atoms with van der Waals surface area (Å²) in [5.41, 5.74) is 7.75. The van der Waals surface area contributed by atoms with Gasteiger partial charge < -0.3 is 15.8 Å². The summed E-state index contributed by atoms with van der Waals surface area (Å²) < 4.78 is 5.77. The van der Waals surface area contributed by atoms with E-state index in [1.807, 2.05) is 6.92 Å². The van der Waals surface area contributed by atoms with Gasteiger partial charge in [-0.1, -0.05) is 12.1 Å². The first-order chi connectivity index (χ1) is 10.1. The van der Waals surface area contributed by atoms with E-state index in [2.05, 4.69) is 30.4 Å². The fourth-order valence-electron chi connectivity index (χ4n) is 2.02. The van der Waals surface area contributed by atoms with E-state index in [1.165, 1.54) is 5.56 Å². The lowest BCUT2D eigenvalue weighted by Crippen LogP contribution is -2.24. The molecule has 4 heteroatoms. The molecule has 21 heavy (non-hydrogen) atoms. The van der Waals surface area contributed by atoms with Crippen LogP contribution >= 0.6 is 0 Å². The summed E-state index contributed by atoms with van der Waals surface area (Å²) in [6.45, 7) is 6.18. The molecule has 0 aliphatic heterocycles. The molecule has 0 unspecified atom stereocenters. The van der Waals surface area contributed by atoms with Crippen LogP contribution in [0, 0.1) is 13.8 Å². The molecule has 0 aliphatic carbocycles.